The summed E-state index contributed by atoms with van der Waals surface area (Å²) in [6.45, 7) is 9.71. The average molecular weight is 349 g/mol. The standard InChI is InChI=1S/C21H36N2O2/c1-16-7-11-22(12-8-16)15-18-9-13-23(14-10-18)21(25)20-5-3-19(4-6-20)17(2)24/h16,18-20H,3-15H2,1-2H3. The number of carbonyl (C=O) groups is 2. The molecule has 0 atom stereocenters. The summed E-state index contributed by atoms with van der Waals surface area (Å²) in [5.41, 5.74) is 0. The Morgan fingerprint density at radius 2 is 1.36 bits per heavy atom. The number of carbonyl (C=O) groups excluding carboxylic acids is 2. The largest absolute Gasteiger partial charge is 0.342 e. The second kappa shape index (κ2) is 8.66. The molecular weight excluding hydrogens is 312 g/mol. The lowest BCUT2D eigenvalue weighted by Gasteiger charge is -2.38. The van der Waals surface area contributed by atoms with Crippen molar-refractivity contribution in [2.75, 3.05) is 32.7 Å². The van der Waals surface area contributed by atoms with Gasteiger partial charge in [0, 0.05) is 31.5 Å². The molecule has 3 aliphatic rings. The molecule has 2 aliphatic heterocycles. The van der Waals surface area contributed by atoms with E-state index in [0.717, 1.165) is 50.6 Å². The van der Waals surface area contributed by atoms with E-state index in [1.54, 1.807) is 6.92 Å². The van der Waals surface area contributed by atoms with Gasteiger partial charge in [0.15, 0.2) is 0 Å². The van der Waals surface area contributed by atoms with Crippen LogP contribution in [-0.4, -0.2) is 54.2 Å². The van der Waals surface area contributed by atoms with E-state index in [9.17, 15) is 9.59 Å². The number of nitrogens with zero attached hydrogens (tertiary/aromatic N) is 2. The summed E-state index contributed by atoms with van der Waals surface area (Å²) in [5, 5.41) is 0. The SMILES string of the molecule is CC(=O)C1CCC(C(=O)N2CCC(CN3CCC(C)CC3)CC2)CC1. The van der Waals surface area contributed by atoms with Gasteiger partial charge in [0.1, 0.15) is 5.78 Å². The predicted octanol–water partition coefficient (Wildman–Crippen LogP) is 3.35. The van der Waals surface area contributed by atoms with E-state index < -0.39 is 0 Å². The Morgan fingerprint density at radius 1 is 0.800 bits per heavy atom. The third-order valence-electron chi connectivity index (χ3n) is 6.97. The monoisotopic (exact) mass is 348 g/mol. The smallest absolute Gasteiger partial charge is 0.225 e. The zero-order valence-electron chi connectivity index (χ0n) is 16.2. The van der Waals surface area contributed by atoms with E-state index in [4.69, 9.17) is 0 Å². The molecule has 142 valence electrons. The summed E-state index contributed by atoms with van der Waals surface area (Å²) in [6, 6.07) is 0. The minimum Gasteiger partial charge on any atom is -0.342 e. The Bertz CT molecular complexity index is 455. The Kier molecular flexibility index (Phi) is 6.54. The van der Waals surface area contributed by atoms with Gasteiger partial charge in [0.05, 0.1) is 0 Å². The van der Waals surface area contributed by atoms with Crippen LogP contribution in [0.25, 0.3) is 0 Å². The number of amides is 1. The van der Waals surface area contributed by atoms with Crippen LogP contribution in [-0.2, 0) is 9.59 Å². The number of piperidine rings is 2. The summed E-state index contributed by atoms with van der Waals surface area (Å²) >= 11 is 0. The average Bonchev–Trinajstić information content (AvgIpc) is 2.64. The van der Waals surface area contributed by atoms with Gasteiger partial charge in [-0.2, -0.15) is 0 Å². The normalized spacial score (nSPS) is 30.4. The molecule has 2 heterocycles. The van der Waals surface area contributed by atoms with Crippen molar-refractivity contribution >= 4 is 11.7 Å². The fraction of sp³-hybridized carbons (Fsp3) is 0.905. The van der Waals surface area contributed by atoms with Crippen LogP contribution in [0.3, 0.4) is 0 Å². The van der Waals surface area contributed by atoms with Gasteiger partial charge in [0.2, 0.25) is 5.91 Å². The van der Waals surface area contributed by atoms with Crippen molar-refractivity contribution < 1.29 is 9.59 Å². The van der Waals surface area contributed by atoms with E-state index in [1.165, 1.54) is 45.3 Å². The van der Waals surface area contributed by atoms with Gasteiger partial charge in [-0.3, -0.25) is 9.59 Å². The van der Waals surface area contributed by atoms with E-state index in [2.05, 4.69) is 16.7 Å². The molecule has 25 heavy (non-hydrogen) atoms. The molecule has 1 amide bonds. The number of rotatable bonds is 4. The van der Waals surface area contributed by atoms with E-state index in [-0.39, 0.29) is 11.8 Å². The fourth-order valence-corrected chi connectivity index (χ4v) is 4.95. The van der Waals surface area contributed by atoms with E-state index in [0.29, 0.717) is 11.7 Å². The van der Waals surface area contributed by atoms with Gasteiger partial charge < -0.3 is 9.80 Å². The molecule has 0 aromatic rings. The van der Waals surface area contributed by atoms with Gasteiger partial charge in [-0.1, -0.05) is 6.92 Å². The highest BCUT2D eigenvalue weighted by Crippen LogP contribution is 2.32. The third kappa shape index (κ3) is 5.06. The zero-order chi connectivity index (χ0) is 17.8. The fourth-order valence-electron chi connectivity index (χ4n) is 4.95. The summed E-state index contributed by atoms with van der Waals surface area (Å²) in [5.74, 6) is 2.73. The number of hydrogen-bond acceptors (Lipinski definition) is 3. The van der Waals surface area contributed by atoms with Crippen LogP contribution in [0, 0.1) is 23.7 Å². The molecule has 1 aliphatic carbocycles. The molecule has 0 bridgehead atoms. The maximum Gasteiger partial charge on any atom is 0.225 e. The summed E-state index contributed by atoms with van der Waals surface area (Å²) in [7, 11) is 0. The van der Waals surface area contributed by atoms with Crippen molar-refractivity contribution in [3.05, 3.63) is 0 Å². The van der Waals surface area contributed by atoms with Crippen molar-refractivity contribution in [1.29, 1.82) is 0 Å². The van der Waals surface area contributed by atoms with Crippen molar-refractivity contribution in [2.24, 2.45) is 23.7 Å². The Balaban J connectivity index is 1.38. The molecule has 3 fully saturated rings. The lowest BCUT2D eigenvalue weighted by Crippen LogP contribution is -2.45. The van der Waals surface area contributed by atoms with Crippen LogP contribution < -0.4 is 0 Å². The van der Waals surface area contributed by atoms with Crippen molar-refractivity contribution in [2.45, 2.75) is 65.2 Å². The van der Waals surface area contributed by atoms with Gasteiger partial charge in [0.25, 0.3) is 0 Å². The third-order valence-corrected chi connectivity index (χ3v) is 6.97. The first-order chi connectivity index (χ1) is 12.0. The van der Waals surface area contributed by atoms with E-state index in [1.807, 2.05) is 0 Å². The lowest BCUT2D eigenvalue weighted by molar-refractivity contribution is -0.139. The maximum atomic E-state index is 12.8. The molecule has 3 rings (SSSR count). The second-order valence-electron chi connectivity index (χ2n) is 8.91. The van der Waals surface area contributed by atoms with Crippen LogP contribution >= 0.6 is 0 Å². The molecule has 1 saturated carbocycles. The van der Waals surface area contributed by atoms with Crippen LogP contribution in [0.5, 0.6) is 0 Å². The van der Waals surface area contributed by atoms with Gasteiger partial charge in [-0.25, -0.2) is 0 Å². The topological polar surface area (TPSA) is 40.6 Å². The Labute approximate surface area is 153 Å². The zero-order valence-corrected chi connectivity index (χ0v) is 16.2. The number of likely N-dealkylation sites (tertiary alicyclic amines) is 2. The molecule has 0 N–H and O–H groups in total. The highest BCUT2D eigenvalue weighted by atomic mass is 16.2. The molecule has 4 nitrogen and oxygen atoms in total. The number of ketones is 1. The Morgan fingerprint density at radius 3 is 1.92 bits per heavy atom. The summed E-state index contributed by atoms with van der Waals surface area (Å²) < 4.78 is 0. The molecule has 2 saturated heterocycles. The number of hydrogen-bond donors (Lipinski definition) is 0. The predicted molar refractivity (Wildman–Crippen MR) is 100 cm³/mol. The van der Waals surface area contributed by atoms with E-state index >= 15 is 0 Å². The number of Topliss-reactive ketones (excluding diaryl/α,β-unsaturated/α-hetero) is 1. The second-order valence-corrected chi connectivity index (χ2v) is 8.91. The minimum atomic E-state index is 0.177. The molecule has 0 spiro atoms. The minimum absolute atomic E-state index is 0.177. The van der Waals surface area contributed by atoms with Crippen molar-refractivity contribution in [1.82, 2.24) is 9.80 Å². The van der Waals surface area contributed by atoms with Gasteiger partial charge >= 0.3 is 0 Å². The highest BCUT2D eigenvalue weighted by Gasteiger charge is 2.33. The summed E-state index contributed by atoms with van der Waals surface area (Å²) in [4.78, 5) is 29.1. The van der Waals surface area contributed by atoms with Crippen LogP contribution in [0.15, 0.2) is 0 Å². The first kappa shape index (κ1) is 18.9. The quantitative estimate of drug-likeness (QED) is 0.782. The molecule has 0 aromatic carbocycles. The molecule has 4 heteroatoms. The van der Waals surface area contributed by atoms with Gasteiger partial charge in [-0.05, 0) is 83.2 Å². The van der Waals surface area contributed by atoms with Crippen LogP contribution in [0.4, 0.5) is 0 Å². The molecule has 0 unspecified atom stereocenters. The summed E-state index contributed by atoms with van der Waals surface area (Å²) in [6.07, 6.45) is 8.68. The lowest BCUT2D eigenvalue weighted by atomic mass is 9.79. The van der Waals surface area contributed by atoms with Crippen molar-refractivity contribution in [3.8, 4) is 0 Å². The van der Waals surface area contributed by atoms with Crippen LogP contribution in [0.2, 0.25) is 0 Å². The molecule has 0 radical (unpaired) electrons. The maximum absolute atomic E-state index is 12.8. The van der Waals surface area contributed by atoms with Crippen molar-refractivity contribution in [3.63, 3.8) is 0 Å². The van der Waals surface area contributed by atoms with Crippen LogP contribution in [0.1, 0.15) is 65.2 Å². The molecule has 0 aromatic heterocycles. The first-order valence-electron chi connectivity index (χ1n) is 10.5. The van der Waals surface area contributed by atoms with Gasteiger partial charge in [-0.15, -0.1) is 0 Å². The highest BCUT2D eigenvalue weighted by molar-refractivity contribution is 5.81. The first-order valence-corrected chi connectivity index (χ1v) is 10.5. The molecular formula is C21H36N2O2. The Hall–Kier alpha value is -0.900.